The standard InChI is InChI=1S/C46H87NO8/c1-3-5-7-8-9-10-11-12-13-14-15-16-17-18-19-20-21-22-23-24-25-26-27-28-29-30-31-32-33-34-35-40(49)39(47-42(50)36-6-4-2)38-54-46-45(53)44(52)43(51)41(37-48)55-46/h30-31,34-35,39-41,43-46,48-49,51-53H,3-29,32-33,36-38H2,1-2H3,(H,47,50)/b31-30+,35-34+. The molecule has 0 bridgehead atoms. The fourth-order valence-corrected chi connectivity index (χ4v) is 7.27. The summed E-state index contributed by atoms with van der Waals surface area (Å²) in [6.45, 7) is 3.51. The van der Waals surface area contributed by atoms with E-state index < -0.39 is 49.5 Å². The van der Waals surface area contributed by atoms with Crippen LogP contribution in [-0.4, -0.2) is 87.5 Å². The molecule has 1 fully saturated rings. The lowest BCUT2D eigenvalue weighted by Gasteiger charge is -2.40. The van der Waals surface area contributed by atoms with Crippen molar-refractivity contribution in [2.24, 2.45) is 0 Å². The molecule has 0 aromatic carbocycles. The summed E-state index contributed by atoms with van der Waals surface area (Å²) < 4.78 is 11.0. The summed E-state index contributed by atoms with van der Waals surface area (Å²) >= 11 is 0. The van der Waals surface area contributed by atoms with E-state index in [9.17, 15) is 30.3 Å². The van der Waals surface area contributed by atoms with E-state index >= 15 is 0 Å². The van der Waals surface area contributed by atoms with Gasteiger partial charge in [0.05, 0.1) is 25.4 Å². The number of carbonyl (C=O) groups is 1. The van der Waals surface area contributed by atoms with Gasteiger partial charge < -0.3 is 40.3 Å². The van der Waals surface area contributed by atoms with Gasteiger partial charge in [0.25, 0.3) is 0 Å². The van der Waals surface area contributed by atoms with E-state index in [1.165, 1.54) is 154 Å². The number of rotatable bonds is 38. The summed E-state index contributed by atoms with van der Waals surface area (Å²) in [6, 6.07) is -0.813. The van der Waals surface area contributed by atoms with Gasteiger partial charge in [-0.3, -0.25) is 4.79 Å². The molecule has 9 nitrogen and oxygen atoms in total. The van der Waals surface area contributed by atoms with E-state index in [-0.39, 0.29) is 12.5 Å². The number of unbranched alkanes of at least 4 members (excludes halogenated alkanes) is 26. The minimum atomic E-state index is -1.57. The first kappa shape index (κ1) is 51.7. The van der Waals surface area contributed by atoms with Gasteiger partial charge in [0.2, 0.25) is 5.91 Å². The third-order valence-corrected chi connectivity index (χ3v) is 11.0. The summed E-state index contributed by atoms with van der Waals surface area (Å²) in [6.07, 6.45) is 38.2. The van der Waals surface area contributed by atoms with Crippen molar-refractivity contribution in [3.05, 3.63) is 24.3 Å². The molecule has 1 aliphatic heterocycles. The molecule has 0 aromatic heterocycles. The Labute approximate surface area is 337 Å². The second kappa shape index (κ2) is 37.0. The first-order valence-corrected chi connectivity index (χ1v) is 23.1. The number of nitrogens with one attached hydrogen (secondary N) is 1. The quantitative estimate of drug-likeness (QED) is 0.0268. The fraction of sp³-hybridized carbons (Fsp3) is 0.891. The van der Waals surface area contributed by atoms with Crippen molar-refractivity contribution >= 4 is 5.91 Å². The fourth-order valence-electron chi connectivity index (χ4n) is 7.27. The molecule has 0 aromatic rings. The Morgan fingerprint density at radius 3 is 1.51 bits per heavy atom. The largest absolute Gasteiger partial charge is 0.394 e. The highest BCUT2D eigenvalue weighted by molar-refractivity contribution is 5.76. The third kappa shape index (κ3) is 27.9. The Bertz CT molecular complexity index is 914. The molecule has 1 saturated heterocycles. The molecular weight excluding hydrogens is 695 g/mol. The molecular formula is C46H87NO8. The van der Waals surface area contributed by atoms with E-state index in [2.05, 4.69) is 24.4 Å². The number of hydrogen-bond acceptors (Lipinski definition) is 8. The van der Waals surface area contributed by atoms with Gasteiger partial charge in [-0.15, -0.1) is 0 Å². The van der Waals surface area contributed by atoms with Crippen molar-refractivity contribution in [1.82, 2.24) is 5.32 Å². The Morgan fingerprint density at radius 1 is 0.600 bits per heavy atom. The van der Waals surface area contributed by atoms with Crippen LogP contribution in [0.4, 0.5) is 0 Å². The van der Waals surface area contributed by atoms with Gasteiger partial charge in [-0.1, -0.05) is 192 Å². The predicted octanol–water partition coefficient (Wildman–Crippen LogP) is 9.50. The van der Waals surface area contributed by atoms with Crippen LogP contribution in [0.3, 0.4) is 0 Å². The van der Waals surface area contributed by atoms with E-state index in [0.29, 0.717) is 12.8 Å². The van der Waals surface area contributed by atoms with Crippen molar-refractivity contribution in [2.75, 3.05) is 13.2 Å². The smallest absolute Gasteiger partial charge is 0.220 e. The highest BCUT2D eigenvalue weighted by Gasteiger charge is 2.44. The van der Waals surface area contributed by atoms with Gasteiger partial charge in [0, 0.05) is 6.42 Å². The molecule has 1 heterocycles. The number of hydrogen-bond donors (Lipinski definition) is 6. The van der Waals surface area contributed by atoms with Crippen LogP contribution in [0, 0.1) is 0 Å². The Morgan fingerprint density at radius 2 is 1.04 bits per heavy atom. The van der Waals surface area contributed by atoms with E-state index in [1.807, 2.05) is 13.0 Å². The van der Waals surface area contributed by atoms with E-state index in [0.717, 1.165) is 25.7 Å². The van der Waals surface area contributed by atoms with Crippen LogP contribution in [0.2, 0.25) is 0 Å². The van der Waals surface area contributed by atoms with Gasteiger partial charge in [-0.25, -0.2) is 0 Å². The molecule has 0 radical (unpaired) electrons. The minimum Gasteiger partial charge on any atom is -0.394 e. The lowest BCUT2D eigenvalue weighted by molar-refractivity contribution is -0.302. The molecule has 0 spiro atoms. The van der Waals surface area contributed by atoms with Gasteiger partial charge in [0.1, 0.15) is 24.4 Å². The number of ether oxygens (including phenoxy) is 2. The summed E-state index contributed by atoms with van der Waals surface area (Å²) in [7, 11) is 0. The average Bonchev–Trinajstić information content (AvgIpc) is 3.19. The SMILES string of the molecule is CCCCCCCCCCCCCCCCCCCCCCCCCC/C=C/CC/C=C/C(O)C(COC1OC(CO)C(O)C(O)C1O)NC(=O)CCCC. The second-order valence-electron chi connectivity index (χ2n) is 16.2. The monoisotopic (exact) mass is 782 g/mol. The number of aliphatic hydroxyl groups excluding tert-OH is 5. The Hall–Kier alpha value is -1.33. The molecule has 0 aliphatic carbocycles. The van der Waals surface area contributed by atoms with Crippen LogP contribution in [-0.2, 0) is 14.3 Å². The number of carbonyl (C=O) groups excluding carboxylic acids is 1. The maximum atomic E-state index is 12.4. The molecule has 1 aliphatic rings. The lowest BCUT2D eigenvalue weighted by atomic mass is 9.99. The molecule has 1 rings (SSSR count). The minimum absolute atomic E-state index is 0.203. The van der Waals surface area contributed by atoms with Crippen LogP contribution in [0.25, 0.3) is 0 Å². The van der Waals surface area contributed by atoms with Gasteiger partial charge in [0.15, 0.2) is 6.29 Å². The molecule has 9 heteroatoms. The van der Waals surface area contributed by atoms with Gasteiger partial charge >= 0.3 is 0 Å². The zero-order chi connectivity index (χ0) is 40.2. The zero-order valence-corrected chi connectivity index (χ0v) is 35.4. The maximum absolute atomic E-state index is 12.4. The predicted molar refractivity (Wildman–Crippen MR) is 226 cm³/mol. The Balaban J connectivity index is 2.04. The highest BCUT2D eigenvalue weighted by Crippen LogP contribution is 2.22. The summed E-state index contributed by atoms with van der Waals surface area (Å²) in [5, 5.41) is 53.4. The summed E-state index contributed by atoms with van der Waals surface area (Å²) in [4.78, 5) is 12.4. The summed E-state index contributed by atoms with van der Waals surface area (Å²) in [5.41, 5.74) is 0. The van der Waals surface area contributed by atoms with Crippen molar-refractivity contribution in [1.29, 1.82) is 0 Å². The molecule has 7 atom stereocenters. The first-order chi connectivity index (χ1) is 26.8. The molecule has 6 N–H and O–H groups in total. The average molecular weight is 782 g/mol. The van der Waals surface area contributed by atoms with Crippen LogP contribution < -0.4 is 5.32 Å². The molecule has 1 amide bonds. The normalized spacial score (nSPS) is 21.5. The van der Waals surface area contributed by atoms with Crippen LogP contribution in [0.15, 0.2) is 24.3 Å². The van der Waals surface area contributed by atoms with Gasteiger partial charge in [-0.05, 0) is 32.1 Å². The number of amides is 1. The second-order valence-corrected chi connectivity index (χ2v) is 16.2. The van der Waals surface area contributed by atoms with Crippen molar-refractivity contribution in [3.63, 3.8) is 0 Å². The van der Waals surface area contributed by atoms with E-state index in [4.69, 9.17) is 9.47 Å². The van der Waals surface area contributed by atoms with Gasteiger partial charge in [-0.2, -0.15) is 0 Å². The van der Waals surface area contributed by atoms with Crippen molar-refractivity contribution in [3.8, 4) is 0 Å². The zero-order valence-electron chi connectivity index (χ0n) is 35.4. The lowest BCUT2D eigenvalue weighted by Crippen LogP contribution is -2.60. The van der Waals surface area contributed by atoms with Crippen molar-refractivity contribution < 1.29 is 39.8 Å². The van der Waals surface area contributed by atoms with Crippen LogP contribution >= 0.6 is 0 Å². The first-order valence-electron chi connectivity index (χ1n) is 23.1. The topological polar surface area (TPSA) is 149 Å². The highest BCUT2D eigenvalue weighted by atomic mass is 16.7. The summed E-state index contributed by atoms with van der Waals surface area (Å²) in [5.74, 6) is -0.222. The molecule has 324 valence electrons. The number of aliphatic hydroxyl groups is 5. The Kier molecular flexibility index (Phi) is 34.7. The van der Waals surface area contributed by atoms with E-state index in [1.54, 1.807) is 6.08 Å². The van der Waals surface area contributed by atoms with Crippen LogP contribution in [0.1, 0.15) is 206 Å². The maximum Gasteiger partial charge on any atom is 0.220 e. The number of allylic oxidation sites excluding steroid dienone is 3. The molecule has 55 heavy (non-hydrogen) atoms. The van der Waals surface area contributed by atoms with Crippen molar-refractivity contribution in [2.45, 2.75) is 249 Å². The van der Waals surface area contributed by atoms with Crippen LogP contribution in [0.5, 0.6) is 0 Å². The molecule has 7 unspecified atom stereocenters. The third-order valence-electron chi connectivity index (χ3n) is 11.0. The molecule has 0 saturated carbocycles.